The van der Waals surface area contributed by atoms with E-state index in [4.69, 9.17) is 5.73 Å². The highest BCUT2D eigenvalue weighted by Crippen LogP contribution is 2.37. The summed E-state index contributed by atoms with van der Waals surface area (Å²) in [5, 5.41) is 0. The fourth-order valence-electron chi connectivity index (χ4n) is 3.08. The lowest BCUT2D eigenvalue weighted by atomic mass is 9.78. The molecule has 19 heavy (non-hydrogen) atoms. The second-order valence-electron chi connectivity index (χ2n) is 6.14. The summed E-state index contributed by atoms with van der Waals surface area (Å²) >= 11 is 0. The lowest BCUT2D eigenvalue weighted by Crippen LogP contribution is -2.46. The van der Waals surface area contributed by atoms with Crippen LogP contribution in [0, 0.1) is 0 Å². The van der Waals surface area contributed by atoms with Crippen LogP contribution in [-0.4, -0.2) is 50.1 Å². The molecule has 3 heteroatoms. The zero-order chi connectivity index (χ0) is 14.0. The molecule has 2 rings (SSSR count). The van der Waals surface area contributed by atoms with Crippen LogP contribution in [0.15, 0.2) is 24.3 Å². The van der Waals surface area contributed by atoms with Crippen LogP contribution in [0.2, 0.25) is 0 Å². The Morgan fingerprint density at radius 3 is 2.37 bits per heavy atom. The molecular formula is C16H27N3. The van der Waals surface area contributed by atoms with Gasteiger partial charge in [-0.05, 0) is 44.6 Å². The third-order valence-electron chi connectivity index (χ3n) is 4.36. The van der Waals surface area contributed by atoms with Crippen LogP contribution in [-0.2, 0) is 0 Å². The van der Waals surface area contributed by atoms with Crippen molar-refractivity contribution < 1.29 is 0 Å². The van der Waals surface area contributed by atoms with Gasteiger partial charge in [-0.3, -0.25) is 0 Å². The van der Waals surface area contributed by atoms with E-state index in [1.165, 1.54) is 11.1 Å². The Balaban J connectivity index is 2.13. The first-order valence-electron chi connectivity index (χ1n) is 7.20. The first kappa shape index (κ1) is 14.5. The summed E-state index contributed by atoms with van der Waals surface area (Å²) in [6.45, 7) is 4.47. The van der Waals surface area contributed by atoms with E-state index < -0.39 is 0 Å². The van der Waals surface area contributed by atoms with Crippen LogP contribution in [0.5, 0.6) is 0 Å². The van der Waals surface area contributed by atoms with Crippen LogP contribution < -0.4 is 5.73 Å². The van der Waals surface area contributed by atoms with E-state index in [9.17, 15) is 0 Å². The monoisotopic (exact) mass is 261 g/mol. The minimum atomic E-state index is 0.138. The number of nitrogens with two attached hydrogens (primary N) is 1. The Hall–Kier alpha value is -0.900. The fourth-order valence-corrected chi connectivity index (χ4v) is 3.08. The topological polar surface area (TPSA) is 32.5 Å². The summed E-state index contributed by atoms with van der Waals surface area (Å²) in [5.74, 6) is 0.600. The molecule has 0 fully saturated rings. The Labute approximate surface area is 117 Å². The number of nitrogens with zero attached hydrogens (tertiary/aromatic N) is 2. The van der Waals surface area contributed by atoms with Crippen molar-refractivity contribution >= 4 is 0 Å². The summed E-state index contributed by atoms with van der Waals surface area (Å²) < 4.78 is 0. The van der Waals surface area contributed by atoms with Gasteiger partial charge in [-0.25, -0.2) is 0 Å². The largest absolute Gasteiger partial charge is 0.323 e. The molecule has 1 aromatic rings. The molecule has 1 aliphatic rings. The molecule has 0 aromatic heterocycles. The Morgan fingerprint density at radius 1 is 1.11 bits per heavy atom. The molecule has 1 aromatic carbocycles. The predicted molar refractivity (Wildman–Crippen MR) is 81.4 cm³/mol. The van der Waals surface area contributed by atoms with E-state index in [0.29, 0.717) is 12.0 Å². The van der Waals surface area contributed by atoms with Gasteiger partial charge in [0.2, 0.25) is 0 Å². The molecule has 3 atom stereocenters. The summed E-state index contributed by atoms with van der Waals surface area (Å²) in [7, 11) is 6.44. The summed E-state index contributed by atoms with van der Waals surface area (Å²) in [6, 6.07) is 9.24. The first-order valence-corrected chi connectivity index (χ1v) is 7.20. The van der Waals surface area contributed by atoms with E-state index >= 15 is 0 Å². The molecule has 0 saturated heterocycles. The molecule has 3 unspecified atom stereocenters. The van der Waals surface area contributed by atoms with Crippen molar-refractivity contribution in [2.45, 2.75) is 31.3 Å². The van der Waals surface area contributed by atoms with Gasteiger partial charge in [-0.1, -0.05) is 31.2 Å². The predicted octanol–water partition coefficient (Wildman–Crippen LogP) is 2.06. The van der Waals surface area contributed by atoms with Crippen LogP contribution in [0.25, 0.3) is 0 Å². The van der Waals surface area contributed by atoms with Crippen molar-refractivity contribution in [3.8, 4) is 0 Å². The van der Waals surface area contributed by atoms with E-state index in [0.717, 1.165) is 19.5 Å². The minimum Gasteiger partial charge on any atom is -0.323 e. The molecule has 0 spiro atoms. The van der Waals surface area contributed by atoms with E-state index in [2.05, 4.69) is 62.1 Å². The quantitative estimate of drug-likeness (QED) is 0.900. The van der Waals surface area contributed by atoms with Gasteiger partial charge in [0.15, 0.2) is 0 Å². The van der Waals surface area contributed by atoms with E-state index in [1.54, 1.807) is 0 Å². The molecule has 0 saturated carbocycles. The van der Waals surface area contributed by atoms with Gasteiger partial charge < -0.3 is 15.5 Å². The van der Waals surface area contributed by atoms with Gasteiger partial charge in [0.1, 0.15) is 0 Å². The highest BCUT2D eigenvalue weighted by atomic mass is 15.2. The minimum absolute atomic E-state index is 0.138. The summed E-state index contributed by atoms with van der Waals surface area (Å²) in [6.07, 6.45) is 1.15. The van der Waals surface area contributed by atoms with Crippen LogP contribution in [0.4, 0.5) is 0 Å². The van der Waals surface area contributed by atoms with Crippen molar-refractivity contribution in [3.05, 3.63) is 35.4 Å². The summed E-state index contributed by atoms with van der Waals surface area (Å²) in [4.78, 5) is 4.65. The molecule has 0 heterocycles. The Kier molecular flexibility index (Phi) is 4.61. The number of hydrogen-bond acceptors (Lipinski definition) is 3. The molecule has 0 aliphatic heterocycles. The van der Waals surface area contributed by atoms with Gasteiger partial charge in [0.25, 0.3) is 0 Å². The standard InChI is InChI=1S/C16H27N3/c1-12-11-15(19(4)10-9-18(2)3)16(17)14-8-6-5-7-13(12)14/h5-8,12,15-16H,9-11,17H2,1-4H3. The maximum atomic E-state index is 6.50. The SMILES string of the molecule is CC1CC(N(C)CCN(C)C)C(N)c2ccccc21. The molecule has 1 aliphatic carbocycles. The molecule has 2 N–H and O–H groups in total. The molecule has 0 bridgehead atoms. The molecule has 0 amide bonds. The Morgan fingerprint density at radius 2 is 1.74 bits per heavy atom. The number of likely N-dealkylation sites (N-methyl/N-ethyl adjacent to an activating group) is 2. The average Bonchev–Trinajstić information content (AvgIpc) is 2.40. The second-order valence-corrected chi connectivity index (χ2v) is 6.14. The van der Waals surface area contributed by atoms with Crippen molar-refractivity contribution in [1.29, 1.82) is 0 Å². The molecule has 0 radical (unpaired) electrons. The maximum Gasteiger partial charge on any atom is 0.0456 e. The maximum absolute atomic E-state index is 6.50. The van der Waals surface area contributed by atoms with Crippen molar-refractivity contribution in [2.24, 2.45) is 5.73 Å². The normalized spacial score (nSPS) is 26.8. The number of rotatable bonds is 4. The van der Waals surface area contributed by atoms with Gasteiger partial charge in [0, 0.05) is 25.2 Å². The smallest absolute Gasteiger partial charge is 0.0456 e. The summed E-state index contributed by atoms with van der Waals surface area (Å²) in [5.41, 5.74) is 9.28. The van der Waals surface area contributed by atoms with Crippen LogP contribution in [0.3, 0.4) is 0 Å². The molecule has 106 valence electrons. The first-order chi connectivity index (χ1) is 9.00. The number of hydrogen-bond donors (Lipinski definition) is 1. The molecule has 3 nitrogen and oxygen atoms in total. The number of benzene rings is 1. The van der Waals surface area contributed by atoms with Crippen LogP contribution >= 0.6 is 0 Å². The van der Waals surface area contributed by atoms with Crippen molar-refractivity contribution in [3.63, 3.8) is 0 Å². The zero-order valence-electron chi connectivity index (χ0n) is 12.6. The third kappa shape index (κ3) is 3.16. The van der Waals surface area contributed by atoms with Gasteiger partial charge in [-0.2, -0.15) is 0 Å². The fraction of sp³-hybridized carbons (Fsp3) is 0.625. The molecular weight excluding hydrogens is 234 g/mol. The third-order valence-corrected chi connectivity index (χ3v) is 4.36. The Bertz CT molecular complexity index is 416. The highest BCUT2D eigenvalue weighted by molar-refractivity contribution is 5.36. The van der Waals surface area contributed by atoms with Gasteiger partial charge in [-0.15, -0.1) is 0 Å². The average molecular weight is 261 g/mol. The lowest BCUT2D eigenvalue weighted by Gasteiger charge is -2.40. The lowest BCUT2D eigenvalue weighted by molar-refractivity contribution is 0.168. The van der Waals surface area contributed by atoms with E-state index in [1.807, 2.05) is 0 Å². The number of fused-ring (bicyclic) bond motifs is 1. The van der Waals surface area contributed by atoms with Crippen LogP contribution in [0.1, 0.15) is 36.4 Å². The van der Waals surface area contributed by atoms with Crippen molar-refractivity contribution in [1.82, 2.24) is 9.80 Å². The second kappa shape index (κ2) is 6.04. The highest BCUT2D eigenvalue weighted by Gasteiger charge is 2.32. The van der Waals surface area contributed by atoms with Gasteiger partial charge >= 0.3 is 0 Å². The van der Waals surface area contributed by atoms with E-state index in [-0.39, 0.29) is 6.04 Å². The van der Waals surface area contributed by atoms with Gasteiger partial charge in [0.05, 0.1) is 0 Å². The zero-order valence-corrected chi connectivity index (χ0v) is 12.6. The van der Waals surface area contributed by atoms with Crippen molar-refractivity contribution in [2.75, 3.05) is 34.2 Å².